The average molecular weight is 423 g/mol. The van der Waals surface area contributed by atoms with Crippen LogP contribution < -0.4 is 9.47 Å². The number of hydrogen-bond donors (Lipinski definition) is 0. The highest BCUT2D eigenvalue weighted by Crippen LogP contribution is 2.32. The third kappa shape index (κ3) is 4.84. The van der Waals surface area contributed by atoms with Crippen molar-refractivity contribution in [3.8, 4) is 11.5 Å². The molecule has 2 heterocycles. The number of rotatable bonds is 8. The van der Waals surface area contributed by atoms with Gasteiger partial charge in [0.1, 0.15) is 5.52 Å². The minimum Gasteiger partial charge on any atom is -0.490 e. The predicted molar refractivity (Wildman–Crippen MR) is 120 cm³/mol. The lowest BCUT2D eigenvalue weighted by Crippen LogP contribution is -2.38. The fourth-order valence-corrected chi connectivity index (χ4v) is 3.87. The zero-order chi connectivity index (χ0) is 21.6. The molecule has 0 aliphatic carbocycles. The third-order valence-corrected chi connectivity index (χ3v) is 5.56. The van der Waals surface area contributed by atoms with Gasteiger partial charge in [0.2, 0.25) is 0 Å². The minimum absolute atomic E-state index is 0.0272. The topological polar surface area (TPSA) is 64.8 Å². The molecule has 1 amide bonds. The van der Waals surface area contributed by atoms with Gasteiger partial charge < -0.3 is 18.8 Å². The molecule has 0 saturated carbocycles. The largest absolute Gasteiger partial charge is 0.490 e. The van der Waals surface area contributed by atoms with Crippen LogP contribution in [0.1, 0.15) is 61.7 Å². The number of para-hydroxylation sites is 2. The van der Waals surface area contributed by atoms with Crippen molar-refractivity contribution in [1.82, 2.24) is 9.88 Å². The fourth-order valence-electron chi connectivity index (χ4n) is 3.87. The van der Waals surface area contributed by atoms with Gasteiger partial charge in [-0.3, -0.25) is 4.79 Å². The van der Waals surface area contributed by atoms with E-state index in [2.05, 4.69) is 18.8 Å². The number of carbonyl (C=O) groups is 1. The van der Waals surface area contributed by atoms with E-state index in [4.69, 9.17) is 13.9 Å². The lowest BCUT2D eigenvalue weighted by atomic mass is 9.96. The lowest BCUT2D eigenvalue weighted by Gasteiger charge is -2.30. The molecule has 164 valence electrons. The van der Waals surface area contributed by atoms with Crippen LogP contribution in [0.15, 0.2) is 46.9 Å². The number of fused-ring (bicyclic) bond motifs is 1. The van der Waals surface area contributed by atoms with E-state index < -0.39 is 0 Å². The van der Waals surface area contributed by atoms with Crippen molar-refractivity contribution in [3.05, 3.63) is 53.9 Å². The van der Waals surface area contributed by atoms with Gasteiger partial charge in [-0.2, -0.15) is 0 Å². The fraction of sp³-hybridized carbons (Fsp3) is 0.440. The minimum atomic E-state index is 0.0272. The summed E-state index contributed by atoms with van der Waals surface area (Å²) in [6, 6.07) is 13.3. The van der Waals surface area contributed by atoms with E-state index in [9.17, 15) is 4.79 Å². The molecule has 6 nitrogen and oxygen atoms in total. The number of aromatic nitrogens is 1. The van der Waals surface area contributed by atoms with Crippen molar-refractivity contribution in [2.24, 2.45) is 0 Å². The number of carbonyl (C=O) groups excluding carboxylic acids is 1. The molecule has 0 N–H and O–H groups in total. The summed E-state index contributed by atoms with van der Waals surface area (Å²) in [4.78, 5) is 19.7. The highest BCUT2D eigenvalue weighted by molar-refractivity contribution is 5.95. The van der Waals surface area contributed by atoms with Crippen LogP contribution in [0.25, 0.3) is 11.1 Å². The molecule has 0 atom stereocenters. The van der Waals surface area contributed by atoms with E-state index in [1.807, 2.05) is 47.4 Å². The second-order valence-electron chi connectivity index (χ2n) is 7.94. The van der Waals surface area contributed by atoms with E-state index in [0.29, 0.717) is 43.4 Å². The Morgan fingerprint density at radius 2 is 1.74 bits per heavy atom. The number of nitrogens with zero attached hydrogens (tertiary/aromatic N) is 2. The molecular formula is C25H30N2O4. The maximum atomic E-state index is 13.1. The Labute approximate surface area is 183 Å². The molecule has 0 bridgehead atoms. The summed E-state index contributed by atoms with van der Waals surface area (Å²) < 4.78 is 17.6. The second kappa shape index (κ2) is 9.86. The van der Waals surface area contributed by atoms with Gasteiger partial charge in [-0.15, -0.1) is 0 Å². The molecule has 6 heteroatoms. The molecule has 0 spiro atoms. The number of benzene rings is 2. The predicted octanol–water partition coefficient (Wildman–Crippen LogP) is 5.43. The van der Waals surface area contributed by atoms with Crippen LogP contribution in [0.5, 0.6) is 11.5 Å². The van der Waals surface area contributed by atoms with Crippen LogP contribution in [-0.2, 0) is 0 Å². The summed E-state index contributed by atoms with van der Waals surface area (Å²) in [7, 11) is 0. The summed E-state index contributed by atoms with van der Waals surface area (Å²) in [6.07, 6.45) is 3.50. The second-order valence-corrected chi connectivity index (χ2v) is 7.94. The average Bonchev–Trinajstić information content (AvgIpc) is 3.25. The van der Waals surface area contributed by atoms with Crippen LogP contribution in [-0.4, -0.2) is 42.1 Å². The van der Waals surface area contributed by atoms with Gasteiger partial charge >= 0.3 is 0 Å². The summed E-state index contributed by atoms with van der Waals surface area (Å²) >= 11 is 0. The first-order valence-electron chi connectivity index (χ1n) is 11.2. The zero-order valence-electron chi connectivity index (χ0n) is 18.3. The number of piperidine rings is 1. The van der Waals surface area contributed by atoms with E-state index >= 15 is 0 Å². The van der Waals surface area contributed by atoms with Crippen molar-refractivity contribution >= 4 is 17.0 Å². The zero-order valence-corrected chi connectivity index (χ0v) is 18.3. The van der Waals surface area contributed by atoms with Crippen LogP contribution in [0.4, 0.5) is 0 Å². The van der Waals surface area contributed by atoms with Crippen LogP contribution in [0.3, 0.4) is 0 Å². The number of oxazole rings is 1. The Hall–Kier alpha value is -3.02. The first-order chi connectivity index (χ1) is 15.2. The van der Waals surface area contributed by atoms with Crippen molar-refractivity contribution < 1.29 is 18.7 Å². The SMILES string of the molecule is CCCOc1ccc(C(=O)N2CCC(c3nc4ccccc4o3)CC2)cc1OCCC. The molecule has 1 aliphatic rings. The van der Waals surface area contributed by atoms with Crippen LogP contribution in [0, 0.1) is 0 Å². The molecular weight excluding hydrogens is 392 g/mol. The lowest BCUT2D eigenvalue weighted by molar-refractivity contribution is 0.0706. The third-order valence-electron chi connectivity index (χ3n) is 5.56. The standard InChI is InChI=1S/C25H30N2O4/c1-3-15-29-22-10-9-19(17-23(22)30-16-4-2)25(28)27-13-11-18(12-14-27)24-26-20-7-5-6-8-21(20)31-24/h5-10,17-18H,3-4,11-16H2,1-2H3. The van der Waals surface area contributed by atoms with E-state index in [0.717, 1.165) is 42.7 Å². The van der Waals surface area contributed by atoms with E-state index in [1.54, 1.807) is 0 Å². The van der Waals surface area contributed by atoms with Crippen molar-refractivity contribution in [3.63, 3.8) is 0 Å². The Bertz CT molecular complexity index is 988. The Morgan fingerprint density at radius 1 is 1.03 bits per heavy atom. The summed E-state index contributed by atoms with van der Waals surface area (Å²) in [5, 5.41) is 0. The molecule has 1 fully saturated rings. The molecule has 1 saturated heterocycles. The van der Waals surface area contributed by atoms with Gasteiger partial charge in [0, 0.05) is 24.6 Å². The van der Waals surface area contributed by atoms with Gasteiger partial charge in [0.15, 0.2) is 23.0 Å². The van der Waals surface area contributed by atoms with Crippen molar-refractivity contribution in [1.29, 1.82) is 0 Å². The first-order valence-corrected chi connectivity index (χ1v) is 11.2. The molecule has 0 radical (unpaired) electrons. The summed E-state index contributed by atoms with van der Waals surface area (Å²) in [6.45, 7) is 6.70. The quantitative estimate of drug-likeness (QED) is 0.485. The molecule has 31 heavy (non-hydrogen) atoms. The highest BCUT2D eigenvalue weighted by atomic mass is 16.5. The highest BCUT2D eigenvalue weighted by Gasteiger charge is 2.28. The first kappa shape index (κ1) is 21.2. The smallest absolute Gasteiger partial charge is 0.253 e. The van der Waals surface area contributed by atoms with Gasteiger partial charge in [0.05, 0.1) is 13.2 Å². The maximum absolute atomic E-state index is 13.1. The summed E-state index contributed by atoms with van der Waals surface area (Å²) in [5.41, 5.74) is 2.34. The van der Waals surface area contributed by atoms with E-state index in [1.165, 1.54) is 0 Å². The summed E-state index contributed by atoms with van der Waals surface area (Å²) in [5.74, 6) is 2.38. The molecule has 3 aromatic rings. The van der Waals surface area contributed by atoms with Gasteiger partial charge in [-0.25, -0.2) is 4.98 Å². The van der Waals surface area contributed by atoms with Gasteiger partial charge in [0.25, 0.3) is 5.91 Å². The Kier molecular flexibility index (Phi) is 6.75. The monoisotopic (exact) mass is 422 g/mol. The Balaban J connectivity index is 1.42. The van der Waals surface area contributed by atoms with Crippen LogP contribution in [0.2, 0.25) is 0 Å². The van der Waals surface area contributed by atoms with Crippen molar-refractivity contribution in [2.45, 2.75) is 45.4 Å². The van der Waals surface area contributed by atoms with Crippen molar-refractivity contribution in [2.75, 3.05) is 26.3 Å². The van der Waals surface area contributed by atoms with Crippen LogP contribution >= 0.6 is 0 Å². The molecule has 2 aromatic carbocycles. The molecule has 4 rings (SSSR count). The normalized spacial score (nSPS) is 14.7. The number of amides is 1. The van der Waals surface area contributed by atoms with Gasteiger partial charge in [-0.1, -0.05) is 26.0 Å². The number of likely N-dealkylation sites (tertiary alicyclic amines) is 1. The van der Waals surface area contributed by atoms with Gasteiger partial charge in [-0.05, 0) is 56.0 Å². The molecule has 0 unspecified atom stereocenters. The maximum Gasteiger partial charge on any atom is 0.253 e. The number of hydrogen-bond acceptors (Lipinski definition) is 5. The molecule has 1 aliphatic heterocycles. The number of ether oxygens (including phenoxy) is 2. The Morgan fingerprint density at radius 3 is 2.45 bits per heavy atom. The molecule has 1 aromatic heterocycles. The van der Waals surface area contributed by atoms with E-state index in [-0.39, 0.29) is 11.8 Å².